The molecule has 0 N–H and O–H groups in total. The molecule has 12 rings (SSSR count). The van der Waals surface area contributed by atoms with Crippen molar-refractivity contribution < 1.29 is 8.83 Å². The van der Waals surface area contributed by atoms with Crippen LogP contribution in [0.2, 0.25) is 0 Å². The zero-order valence-corrected chi connectivity index (χ0v) is 26.7. The third-order valence-electron chi connectivity index (χ3n) is 10.7. The molecular formula is C46H26N2O2. The fourth-order valence-electron chi connectivity index (χ4n) is 8.69. The van der Waals surface area contributed by atoms with Gasteiger partial charge in [-0.1, -0.05) is 91.0 Å². The van der Waals surface area contributed by atoms with E-state index in [1.54, 1.807) is 0 Å². The number of benzene rings is 8. The zero-order chi connectivity index (χ0) is 32.5. The molecule has 0 aliphatic rings. The quantitative estimate of drug-likeness (QED) is 0.189. The number of hydrogen-bond acceptors (Lipinski definition) is 2. The van der Waals surface area contributed by atoms with Crippen molar-refractivity contribution >= 4 is 98.3 Å². The van der Waals surface area contributed by atoms with Crippen LogP contribution in [0.3, 0.4) is 0 Å². The van der Waals surface area contributed by atoms with Gasteiger partial charge in [-0.25, -0.2) is 0 Å². The average Bonchev–Trinajstić information content (AvgIpc) is 3.92. The van der Waals surface area contributed by atoms with Crippen molar-refractivity contribution in [3.63, 3.8) is 0 Å². The van der Waals surface area contributed by atoms with E-state index in [1.165, 1.54) is 27.2 Å². The molecule has 0 fully saturated rings. The first-order valence-electron chi connectivity index (χ1n) is 17.0. The lowest BCUT2D eigenvalue weighted by Crippen LogP contribution is -1.96. The van der Waals surface area contributed by atoms with Crippen LogP contribution in [-0.2, 0) is 0 Å². The molecule has 8 aromatic carbocycles. The maximum atomic E-state index is 6.90. The number of fused-ring (bicyclic) bond motifs is 17. The van der Waals surface area contributed by atoms with Crippen molar-refractivity contribution in [3.8, 4) is 11.4 Å². The van der Waals surface area contributed by atoms with Crippen molar-refractivity contribution in [1.29, 1.82) is 0 Å². The Balaban J connectivity index is 1.30. The molecule has 0 saturated carbocycles. The molecule has 0 bridgehead atoms. The predicted octanol–water partition coefficient (Wildman–Crippen LogP) is 12.8. The fraction of sp³-hybridized carbons (Fsp3) is 0. The highest BCUT2D eigenvalue weighted by molar-refractivity contribution is 6.40. The van der Waals surface area contributed by atoms with Gasteiger partial charge in [-0.15, -0.1) is 0 Å². The van der Waals surface area contributed by atoms with Gasteiger partial charge >= 0.3 is 0 Å². The van der Waals surface area contributed by atoms with Gasteiger partial charge in [0.1, 0.15) is 22.3 Å². The number of furan rings is 2. The lowest BCUT2D eigenvalue weighted by atomic mass is 9.95. The molecule has 4 aromatic heterocycles. The van der Waals surface area contributed by atoms with E-state index in [2.05, 4.69) is 161 Å². The Morgan fingerprint density at radius 2 is 0.940 bits per heavy atom. The summed E-state index contributed by atoms with van der Waals surface area (Å²) in [6, 6.07) is 56.2. The van der Waals surface area contributed by atoms with E-state index in [4.69, 9.17) is 8.83 Å². The van der Waals surface area contributed by atoms with Gasteiger partial charge in [0.2, 0.25) is 0 Å². The molecule has 0 aliphatic heterocycles. The molecule has 4 heteroatoms. The van der Waals surface area contributed by atoms with Gasteiger partial charge in [0, 0.05) is 59.9 Å². The highest BCUT2D eigenvalue weighted by Crippen LogP contribution is 2.49. The van der Waals surface area contributed by atoms with Crippen molar-refractivity contribution in [2.75, 3.05) is 0 Å². The van der Waals surface area contributed by atoms with Crippen LogP contribution in [-0.4, -0.2) is 9.13 Å². The Morgan fingerprint density at radius 3 is 1.74 bits per heavy atom. The molecule has 0 radical (unpaired) electrons. The van der Waals surface area contributed by atoms with E-state index in [9.17, 15) is 0 Å². The minimum atomic E-state index is 0.877. The lowest BCUT2D eigenvalue weighted by molar-refractivity contribution is 0.669. The van der Waals surface area contributed by atoms with Gasteiger partial charge in [0.05, 0.1) is 27.5 Å². The zero-order valence-electron chi connectivity index (χ0n) is 26.7. The van der Waals surface area contributed by atoms with E-state index in [0.717, 1.165) is 82.4 Å². The van der Waals surface area contributed by atoms with Crippen LogP contribution in [0, 0.1) is 0 Å². The summed E-state index contributed by atoms with van der Waals surface area (Å²) in [5.74, 6) is 0. The van der Waals surface area contributed by atoms with Crippen LogP contribution in [0.15, 0.2) is 167 Å². The first-order valence-corrected chi connectivity index (χ1v) is 17.0. The molecule has 50 heavy (non-hydrogen) atoms. The van der Waals surface area contributed by atoms with Crippen molar-refractivity contribution in [3.05, 3.63) is 158 Å². The molecule has 0 atom stereocenters. The molecule has 0 amide bonds. The Morgan fingerprint density at radius 1 is 0.320 bits per heavy atom. The number of hydrogen-bond donors (Lipinski definition) is 0. The minimum Gasteiger partial charge on any atom is -0.456 e. The first-order chi connectivity index (χ1) is 24.8. The summed E-state index contributed by atoms with van der Waals surface area (Å²) in [7, 11) is 0. The van der Waals surface area contributed by atoms with Gasteiger partial charge in [-0.3, -0.25) is 0 Å². The van der Waals surface area contributed by atoms with Crippen LogP contribution in [0.1, 0.15) is 0 Å². The molecule has 4 heterocycles. The Hall–Kier alpha value is -6.78. The monoisotopic (exact) mass is 638 g/mol. The Kier molecular flexibility index (Phi) is 4.94. The maximum absolute atomic E-state index is 6.90. The summed E-state index contributed by atoms with van der Waals surface area (Å²) in [6.07, 6.45) is 0. The normalized spacial score (nSPS) is 12.4. The van der Waals surface area contributed by atoms with Gasteiger partial charge in [-0.2, -0.15) is 0 Å². The van der Waals surface area contributed by atoms with Crippen molar-refractivity contribution in [2.24, 2.45) is 0 Å². The second-order valence-electron chi connectivity index (χ2n) is 13.2. The van der Waals surface area contributed by atoms with E-state index >= 15 is 0 Å². The summed E-state index contributed by atoms with van der Waals surface area (Å²) in [6.45, 7) is 0. The third kappa shape index (κ3) is 3.25. The SMILES string of the molecule is c1ccc(-n2c3ccccc3c3cc(-n4c5ccccc5c5c6oc7ccccc7c6c6c(ccc7oc8ccccc8c76)c54)ccc32)cc1. The topological polar surface area (TPSA) is 36.1 Å². The van der Waals surface area contributed by atoms with E-state index in [0.29, 0.717) is 0 Å². The van der Waals surface area contributed by atoms with E-state index in [1.807, 2.05) is 6.07 Å². The number of aromatic nitrogens is 2. The van der Waals surface area contributed by atoms with Crippen LogP contribution in [0.5, 0.6) is 0 Å². The maximum Gasteiger partial charge on any atom is 0.146 e. The summed E-state index contributed by atoms with van der Waals surface area (Å²) in [5.41, 5.74) is 10.4. The van der Waals surface area contributed by atoms with E-state index < -0.39 is 0 Å². The standard InChI is InChI=1S/C46H26N2O2/c1-2-12-27(13-3-1)47-35-18-8-4-14-29(35)34-26-28(22-24-37(34)47)48-36-19-9-5-15-30(36)44-45(48)33-23-25-40-41(31-16-6-10-20-38(31)49-40)42(33)43-32-17-7-11-21-39(32)50-46(43)44/h1-26H. The van der Waals surface area contributed by atoms with Crippen LogP contribution in [0.4, 0.5) is 0 Å². The molecule has 0 saturated heterocycles. The molecule has 4 nitrogen and oxygen atoms in total. The number of nitrogens with zero attached hydrogens (tertiary/aromatic N) is 2. The molecule has 0 aliphatic carbocycles. The second kappa shape index (κ2) is 9.43. The van der Waals surface area contributed by atoms with Crippen molar-refractivity contribution in [2.45, 2.75) is 0 Å². The number of para-hydroxylation sites is 5. The van der Waals surface area contributed by atoms with Gasteiger partial charge in [0.15, 0.2) is 0 Å². The van der Waals surface area contributed by atoms with Crippen LogP contribution >= 0.6 is 0 Å². The Bertz CT molecular complexity index is 3370. The molecule has 12 aromatic rings. The Labute approximate surface area is 284 Å². The van der Waals surface area contributed by atoms with Gasteiger partial charge in [-0.05, 0) is 66.7 Å². The third-order valence-corrected chi connectivity index (χ3v) is 10.7. The lowest BCUT2D eigenvalue weighted by Gasteiger charge is -2.12. The van der Waals surface area contributed by atoms with Gasteiger partial charge < -0.3 is 18.0 Å². The van der Waals surface area contributed by atoms with Gasteiger partial charge in [0.25, 0.3) is 0 Å². The van der Waals surface area contributed by atoms with Crippen LogP contribution in [0.25, 0.3) is 110 Å². The minimum absolute atomic E-state index is 0.877. The second-order valence-corrected chi connectivity index (χ2v) is 13.2. The molecular weight excluding hydrogens is 613 g/mol. The average molecular weight is 639 g/mol. The highest BCUT2D eigenvalue weighted by atomic mass is 16.3. The summed E-state index contributed by atoms with van der Waals surface area (Å²) < 4.78 is 18.2. The fourth-order valence-corrected chi connectivity index (χ4v) is 8.69. The molecule has 232 valence electrons. The first kappa shape index (κ1) is 26.2. The van der Waals surface area contributed by atoms with E-state index in [-0.39, 0.29) is 0 Å². The molecule has 0 unspecified atom stereocenters. The smallest absolute Gasteiger partial charge is 0.146 e. The largest absolute Gasteiger partial charge is 0.456 e. The van der Waals surface area contributed by atoms with Crippen LogP contribution < -0.4 is 0 Å². The summed E-state index contributed by atoms with van der Waals surface area (Å²) >= 11 is 0. The molecule has 0 spiro atoms. The number of rotatable bonds is 2. The predicted molar refractivity (Wildman–Crippen MR) is 207 cm³/mol. The highest BCUT2D eigenvalue weighted by Gasteiger charge is 2.25. The van der Waals surface area contributed by atoms with Crippen molar-refractivity contribution in [1.82, 2.24) is 9.13 Å². The summed E-state index contributed by atoms with van der Waals surface area (Å²) in [5, 5.41) is 11.5. The summed E-state index contributed by atoms with van der Waals surface area (Å²) in [4.78, 5) is 0.